The van der Waals surface area contributed by atoms with Gasteiger partial charge in [0.25, 0.3) is 5.91 Å². The highest BCUT2D eigenvalue weighted by molar-refractivity contribution is 5.94. The molecule has 0 atom stereocenters. The van der Waals surface area contributed by atoms with Crippen LogP contribution in [0.3, 0.4) is 0 Å². The van der Waals surface area contributed by atoms with Crippen LogP contribution in [0.2, 0.25) is 0 Å². The molecule has 0 unspecified atom stereocenters. The fourth-order valence-corrected chi connectivity index (χ4v) is 2.45. The molecule has 0 spiro atoms. The van der Waals surface area contributed by atoms with Gasteiger partial charge in [0, 0.05) is 0 Å². The minimum Gasteiger partial charge on any atom is -0.495 e. The molecular weight excluding hydrogens is 334 g/mol. The van der Waals surface area contributed by atoms with Gasteiger partial charge in [-0.05, 0) is 61.7 Å². The summed E-state index contributed by atoms with van der Waals surface area (Å²) in [5.41, 5.74) is 3.58. The van der Waals surface area contributed by atoms with Crippen LogP contribution >= 0.6 is 0 Å². The van der Waals surface area contributed by atoms with Gasteiger partial charge in [-0.2, -0.15) is 0 Å². The van der Waals surface area contributed by atoms with Crippen LogP contribution in [0, 0.1) is 20.8 Å². The summed E-state index contributed by atoms with van der Waals surface area (Å²) in [7, 11) is 1.52. The van der Waals surface area contributed by atoms with Crippen molar-refractivity contribution in [3.05, 3.63) is 53.1 Å². The van der Waals surface area contributed by atoms with Gasteiger partial charge in [-0.1, -0.05) is 12.1 Å². The molecule has 2 aromatic carbocycles. The van der Waals surface area contributed by atoms with Gasteiger partial charge in [0.05, 0.1) is 12.8 Å². The lowest BCUT2D eigenvalue weighted by Gasteiger charge is -2.11. The van der Waals surface area contributed by atoms with Crippen molar-refractivity contribution in [3.63, 3.8) is 0 Å². The summed E-state index contributed by atoms with van der Waals surface area (Å²) < 4.78 is 15.5. The zero-order chi connectivity index (χ0) is 19.1. The lowest BCUT2D eigenvalue weighted by Crippen LogP contribution is -2.24. The van der Waals surface area contributed by atoms with E-state index in [4.69, 9.17) is 14.2 Å². The molecule has 2 rings (SSSR count). The Balaban J connectivity index is 1.81. The molecule has 0 saturated carbocycles. The van der Waals surface area contributed by atoms with E-state index in [9.17, 15) is 9.59 Å². The molecule has 0 bridgehead atoms. The summed E-state index contributed by atoms with van der Waals surface area (Å²) in [6.07, 6.45) is 0. The van der Waals surface area contributed by atoms with Gasteiger partial charge < -0.3 is 19.5 Å². The summed E-state index contributed by atoms with van der Waals surface area (Å²) in [5, 5.41) is 2.66. The van der Waals surface area contributed by atoms with Crippen molar-refractivity contribution in [2.24, 2.45) is 0 Å². The Labute approximate surface area is 153 Å². The molecule has 0 radical (unpaired) electrons. The molecule has 0 aliphatic carbocycles. The van der Waals surface area contributed by atoms with Gasteiger partial charge >= 0.3 is 5.97 Å². The summed E-state index contributed by atoms with van der Waals surface area (Å²) in [5.74, 6) is 0.0611. The number of anilines is 1. The van der Waals surface area contributed by atoms with E-state index in [2.05, 4.69) is 5.32 Å². The van der Waals surface area contributed by atoms with Gasteiger partial charge in [-0.3, -0.25) is 4.79 Å². The van der Waals surface area contributed by atoms with Crippen LogP contribution in [0.5, 0.6) is 11.5 Å². The Morgan fingerprint density at radius 2 is 1.62 bits per heavy atom. The number of esters is 1. The number of nitrogens with one attached hydrogen (secondary N) is 1. The fourth-order valence-electron chi connectivity index (χ4n) is 2.45. The van der Waals surface area contributed by atoms with Crippen LogP contribution in [0.25, 0.3) is 0 Å². The van der Waals surface area contributed by atoms with Crippen molar-refractivity contribution < 1.29 is 23.8 Å². The van der Waals surface area contributed by atoms with Crippen LogP contribution in [-0.2, 0) is 14.3 Å². The van der Waals surface area contributed by atoms with E-state index >= 15 is 0 Å². The first kappa shape index (κ1) is 19.3. The van der Waals surface area contributed by atoms with E-state index in [1.807, 2.05) is 45.0 Å². The van der Waals surface area contributed by atoms with E-state index in [0.29, 0.717) is 17.2 Å². The predicted molar refractivity (Wildman–Crippen MR) is 98.7 cm³/mol. The number of carbonyl (C=O) groups is 2. The molecule has 26 heavy (non-hydrogen) atoms. The zero-order valence-electron chi connectivity index (χ0n) is 15.4. The number of aryl methyl sites for hydroxylation is 3. The normalized spacial score (nSPS) is 10.2. The first-order valence-electron chi connectivity index (χ1n) is 8.18. The largest absolute Gasteiger partial charge is 0.495 e. The van der Waals surface area contributed by atoms with E-state index in [-0.39, 0.29) is 6.61 Å². The first-order chi connectivity index (χ1) is 12.4. The maximum Gasteiger partial charge on any atom is 0.344 e. The number of rotatable bonds is 7. The molecular formula is C20H23NO5. The average molecular weight is 357 g/mol. The highest BCUT2D eigenvalue weighted by Crippen LogP contribution is 2.25. The second-order valence-corrected chi connectivity index (χ2v) is 6.02. The number of ether oxygens (including phenoxy) is 3. The van der Waals surface area contributed by atoms with Gasteiger partial charge in [0.1, 0.15) is 11.5 Å². The van der Waals surface area contributed by atoms with Crippen molar-refractivity contribution in [1.82, 2.24) is 0 Å². The predicted octanol–water partition coefficient (Wildman–Crippen LogP) is 3.18. The Morgan fingerprint density at radius 3 is 2.27 bits per heavy atom. The lowest BCUT2D eigenvalue weighted by molar-refractivity contribution is -0.149. The Kier molecular flexibility index (Phi) is 6.60. The molecule has 0 heterocycles. The van der Waals surface area contributed by atoms with Crippen molar-refractivity contribution in [2.75, 3.05) is 25.6 Å². The summed E-state index contributed by atoms with van der Waals surface area (Å²) in [6.45, 7) is 5.14. The van der Waals surface area contributed by atoms with Crippen molar-refractivity contribution in [2.45, 2.75) is 20.8 Å². The van der Waals surface area contributed by atoms with Crippen molar-refractivity contribution in [1.29, 1.82) is 0 Å². The maximum absolute atomic E-state index is 12.0. The van der Waals surface area contributed by atoms with Crippen molar-refractivity contribution in [3.8, 4) is 11.5 Å². The molecule has 0 saturated heterocycles. The molecule has 2 aromatic rings. The highest BCUT2D eigenvalue weighted by Gasteiger charge is 2.11. The molecule has 6 heteroatoms. The van der Waals surface area contributed by atoms with Gasteiger partial charge in [-0.15, -0.1) is 0 Å². The Morgan fingerprint density at radius 1 is 0.923 bits per heavy atom. The number of hydrogen-bond acceptors (Lipinski definition) is 5. The monoisotopic (exact) mass is 357 g/mol. The van der Waals surface area contributed by atoms with Gasteiger partial charge in [-0.25, -0.2) is 4.79 Å². The Hall–Kier alpha value is -3.02. The number of carbonyl (C=O) groups excluding carboxylic acids is 2. The SMILES string of the molecule is COc1ccc(C)cc1NC(=O)COC(=O)COc1cc(C)cc(C)c1. The summed E-state index contributed by atoms with van der Waals surface area (Å²) in [6, 6.07) is 11.1. The fraction of sp³-hybridized carbons (Fsp3) is 0.300. The number of amides is 1. The number of benzene rings is 2. The molecule has 0 fully saturated rings. The standard InChI is InChI=1S/C20H23NO5/c1-13-5-6-18(24-4)17(10-13)21-19(22)11-26-20(23)12-25-16-8-14(2)7-15(3)9-16/h5-10H,11-12H2,1-4H3,(H,21,22). The molecule has 0 aliphatic heterocycles. The quantitative estimate of drug-likeness (QED) is 0.771. The van der Waals surface area contributed by atoms with Crippen LogP contribution in [-0.4, -0.2) is 32.2 Å². The smallest absolute Gasteiger partial charge is 0.344 e. The minimum absolute atomic E-state index is 0.260. The van der Waals surface area contributed by atoms with E-state index < -0.39 is 18.5 Å². The number of hydrogen-bond donors (Lipinski definition) is 1. The Bertz CT molecular complexity index is 781. The van der Waals surface area contributed by atoms with E-state index in [1.54, 1.807) is 12.1 Å². The van der Waals surface area contributed by atoms with E-state index in [0.717, 1.165) is 16.7 Å². The zero-order valence-corrected chi connectivity index (χ0v) is 15.4. The van der Waals surface area contributed by atoms with Gasteiger partial charge in [0.2, 0.25) is 0 Å². The second-order valence-electron chi connectivity index (χ2n) is 6.02. The molecule has 6 nitrogen and oxygen atoms in total. The second kappa shape index (κ2) is 8.89. The lowest BCUT2D eigenvalue weighted by atomic mass is 10.1. The van der Waals surface area contributed by atoms with Crippen LogP contribution in [0.4, 0.5) is 5.69 Å². The maximum atomic E-state index is 12.0. The number of methoxy groups -OCH3 is 1. The summed E-state index contributed by atoms with van der Waals surface area (Å²) >= 11 is 0. The third kappa shape index (κ3) is 5.81. The minimum atomic E-state index is -0.615. The molecule has 0 aliphatic rings. The van der Waals surface area contributed by atoms with E-state index in [1.165, 1.54) is 7.11 Å². The van der Waals surface area contributed by atoms with Crippen LogP contribution in [0.1, 0.15) is 16.7 Å². The molecule has 0 aromatic heterocycles. The van der Waals surface area contributed by atoms with Crippen molar-refractivity contribution >= 4 is 17.6 Å². The topological polar surface area (TPSA) is 73.9 Å². The first-order valence-corrected chi connectivity index (χ1v) is 8.18. The highest BCUT2D eigenvalue weighted by atomic mass is 16.6. The third-order valence-corrected chi connectivity index (χ3v) is 3.55. The third-order valence-electron chi connectivity index (χ3n) is 3.55. The molecule has 1 N–H and O–H groups in total. The average Bonchev–Trinajstić information content (AvgIpc) is 2.57. The molecule has 1 amide bonds. The van der Waals surface area contributed by atoms with Gasteiger partial charge in [0.15, 0.2) is 13.2 Å². The van der Waals surface area contributed by atoms with Crippen LogP contribution in [0.15, 0.2) is 36.4 Å². The molecule has 138 valence electrons. The van der Waals surface area contributed by atoms with Crippen LogP contribution < -0.4 is 14.8 Å². The summed E-state index contributed by atoms with van der Waals surface area (Å²) in [4.78, 5) is 23.7.